The molecule has 2 rings (SSSR count). The first-order chi connectivity index (χ1) is 8.88. The van der Waals surface area contributed by atoms with Gasteiger partial charge in [0.25, 0.3) is 0 Å². The highest BCUT2D eigenvalue weighted by molar-refractivity contribution is 6.22. The monoisotopic (exact) mass is 273 g/mol. The van der Waals surface area contributed by atoms with Crippen molar-refractivity contribution in [3.8, 4) is 0 Å². The molecule has 19 heavy (non-hydrogen) atoms. The molecule has 0 unspecified atom stereocenters. The van der Waals surface area contributed by atoms with Crippen LogP contribution in [0.1, 0.15) is 55.8 Å². The van der Waals surface area contributed by atoms with Crippen LogP contribution in [0.25, 0.3) is 0 Å². The van der Waals surface area contributed by atoms with Crippen LogP contribution in [-0.4, -0.2) is 15.8 Å². The van der Waals surface area contributed by atoms with E-state index in [-0.39, 0.29) is 15.4 Å². The Morgan fingerprint density at radius 1 is 1.11 bits per heavy atom. The zero-order valence-corrected chi connectivity index (χ0v) is 13.3. The highest BCUT2D eigenvalue weighted by atomic mass is 28.2. The molecule has 1 aromatic carbocycles. The average Bonchev–Trinajstić information content (AvgIpc) is 2.38. The topological polar surface area (TPSA) is 20.5 Å². The van der Waals surface area contributed by atoms with E-state index >= 15 is 0 Å². The molecule has 0 amide bonds. The second-order valence-corrected chi connectivity index (χ2v) is 6.76. The number of hydrogen-bond acceptors (Lipinski definition) is 1. The van der Waals surface area contributed by atoms with Gasteiger partial charge in [0.15, 0.2) is 0 Å². The van der Waals surface area contributed by atoms with Crippen molar-refractivity contribution in [2.45, 2.75) is 40.5 Å². The molecule has 0 saturated heterocycles. The summed E-state index contributed by atoms with van der Waals surface area (Å²) >= 11 is 0. The van der Waals surface area contributed by atoms with Crippen LogP contribution in [0.15, 0.2) is 36.1 Å². The minimum absolute atomic E-state index is 0.0138. The Bertz CT molecular complexity index is 505. The first kappa shape index (κ1) is 14.1. The van der Waals surface area contributed by atoms with E-state index < -0.39 is 0 Å². The van der Waals surface area contributed by atoms with Gasteiger partial charge in [0.1, 0.15) is 5.76 Å². The zero-order valence-electron chi connectivity index (χ0n) is 12.3. The van der Waals surface area contributed by atoms with E-state index in [1.165, 1.54) is 5.56 Å². The predicted octanol–water partition coefficient (Wildman–Crippen LogP) is 4.02. The third-order valence-electron chi connectivity index (χ3n) is 3.17. The Morgan fingerprint density at radius 2 is 1.74 bits per heavy atom. The van der Waals surface area contributed by atoms with Gasteiger partial charge in [-0.25, -0.2) is 0 Å². The molecular formula is C16H21O2Si+. The molecule has 0 atom stereocenters. The van der Waals surface area contributed by atoms with Crippen LogP contribution in [0.4, 0.5) is 0 Å². The van der Waals surface area contributed by atoms with E-state index in [1.807, 2.05) is 6.08 Å². The third-order valence-corrected chi connectivity index (χ3v) is 3.77. The summed E-state index contributed by atoms with van der Waals surface area (Å²) in [5, 5.41) is 0. The summed E-state index contributed by atoms with van der Waals surface area (Å²) in [6.45, 7) is 10.8. The van der Waals surface area contributed by atoms with Gasteiger partial charge in [-0.3, -0.25) is 0 Å². The molecule has 0 spiro atoms. The molecule has 0 bridgehead atoms. The van der Waals surface area contributed by atoms with E-state index in [0.29, 0.717) is 5.92 Å². The Hall–Kier alpha value is -1.35. The van der Waals surface area contributed by atoms with Crippen molar-refractivity contribution in [3.63, 3.8) is 0 Å². The molecule has 1 aliphatic heterocycles. The Morgan fingerprint density at radius 3 is 2.26 bits per heavy atom. The van der Waals surface area contributed by atoms with Gasteiger partial charge >= 0.3 is 15.8 Å². The smallest absolute Gasteiger partial charge is 0.464 e. The van der Waals surface area contributed by atoms with Crippen LogP contribution in [-0.2, 0) is 4.43 Å². The van der Waals surface area contributed by atoms with Crippen molar-refractivity contribution < 1.29 is 8.54 Å². The molecule has 1 aromatic rings. The summed E-state index contributed by atoms with van der Waals surface area (Å²) in [5.41, 5.74) is 2.47. The maximum absolute atomic E-state index is 5.64. The predicted molar refractivity (Wildman–Crippen MR) is 79.2 cm³/mol. The summed E-state index contributed by atoms with van der Waals surface area (Å²) in [4.78, 5) is 0. The Labute approximate surface area is 118 Å². The number of hydrogen-bond donors (Lipinski definition) is 0. The van der Waals surface area contributed by atoms with Crippen LogP contribution >= 0.6 is 0 Å². The normalized spacial score (nSPS) is 15.9. The van der Waals surface area contributed by atoms with Crippen LogP contribution in [0, 0.1) is 5.41 Å². The van der Waals surface area contributed by atoms with Gasteiger partial charge in [0.05, 0.1) is 11.6 Å². The maximum atomic E-state index is 5.64. The number of allylic oxidation sites excluding steroid dienone is 2. The van der Waals surface area contributed by atoms with Gasteiger partial charge in [0, 0.05) is 5.41 Å². The van der Waals surface area contributed by atoms with E-state index in [9.17, 15) is 0 Å². The number of benzene rings is 1. The highest BCUT2D eigenvalue weighted by Gasteiger charge is 2.32. The molecule has 1 aliphatic rings. The van der Waals surface area contributed by atoms with Crippen LogP contribution in [0.3, 0.4) is 0 Å². The quantitative estimate of drug-likeness (QED) is 0.588. The minimum Gasteiger partial charge on any atom is -0.464 e. The first-order valence-corrected chi connectivity index (χ1v) is 7.48. The molecule has 3 heteroatoms. The summed E-state index contributed by atoms with van der Waals surface area (Å²) in [6, 6.07) is 8.58. The largest absolute Gasteiger partial charge is 1.02 e. The minimum atomic E-state index is 0.0138. The molecule has 0 fully saturated rings. The SMILES string of the molecule is CC(C)c1ccc(C2=[O+][Si]OC(C(C)(C)C)=C2)cc1. The Kier molecular flexibility index (Phi) is 3.95. The lowest BCUT2D eigenvalue weighted by Gasteiger charge is -2.21. The molecule has 2 radical (unpaired) electrons. The molecule has 0 N–H and O–H groups in total. The standard InChI is InChI=1S/C16H21O2Si/c1-11(2)12-6-8-13(9-7-12)14-10-15(16(3,4)5)18-19-17-14/h6-11H,1-5H3/q+1. The van der Waals surface area contributed by atoms with Gasteiger partial charge < -0.3 is 8.54 Å². The summed E-state index contributed by atoms with van der Waals surface area (Å²) in [6.07, 6.45) is 2.01. The van der Waals surface area contributed by atoms with E-state index in [4.69, 9.17) is 8.54 Å². The molecule has 1 heterocycles. The van der Waals surface area contributed by atoms with Crippen molar-refractivity contribution in [1.82, 2.24) is 0 Å². The molecule has 0 saturated carbocycles. The lowest BCUT2D eigenvalue weighted by molar-refractivity contribution is -0.109. The molecule has 0 aromatic heterocycles. The van der Waals surface area contributed by atoms with Crippen molar-refractivity contribution in [1.29, 1.82) is 0 Å². The second-order valence-electron chi connectivity index (χ2n) is 6.19. The summed E-state index contributed by atoms with van der Waals surface area (Å²) in [5.74, 6) is 2.45. The Balaban J connectivity index is 2.27. The van der Waals surface area contributed by atoms with Gasteiger partial charge in [0.2, 0.25) is 0 Å². The highest BCUT2D eigenvalue weighted by Crippen LogP contribution is 2.28. The van der Waals surface area contributed by atoms with Gasteiger partial charge in [-0.05, 0) is 23.6 Å². The lowest BCUT2D eigenvalue weighted by Crippen LogP contribution is -2.20. The summed E-state index contributed by atoms with van der Waals surface area (Å²) < 4.78 is 11.2. The fraction of sp³-hybridized carbons (Fsp3) is 0.438. The van der Waals surface area contributed by atoms with Crippen molar-refractivity contribution in [3.05, 3.63) is 47.2 Å². The van der Waals surface area contributed by atoms with Gasteiger partial charge in [-0.1, -0.05) is 46.8 Å². The van der Waals surface area contributed by atoms with Crippen molar-refractivity contribution in [2.75, 3.05) is 0 Å². The lowest BCUT2D eigenvalue weighted by atomic mass is 9.92. The summed E-state index contributed by atoms with van der Waals surface area (Å²) in [7, 11) is 0.0487. The fourth-order valence-corrected chi connectivity index (χ4v) is 2.60. The first-order valence-electron chi connectivity index (χ1n) is 6.66. The number of ketones is 1. The van der Waals surface area contributed by atoms with E-state index in [0.717, 1.165) is 17.1 Å². The van der Waals surface area contributed by atoms with Crippen molar-refractivity contribution >= 4 is 15.8 Å². The number of carbonyl (C=O) groups excluding carboxylic acids is 1. The average molecular weight is 273 g/mol. The molecule has 100 valence electrons. The fourth-order valence-electron chi connectivity index (χ4n) is 1.83. The third kappa shape index (κ3) is 3.35. The second kappa shape index (κ2) is 5.33. The van der Waals surface area contributed by atoms with Crippen molar-refractivity contribution in [2.24, 2.45) is 5.41 Å². The molecule has 2 nitrogen and oxygen atoms in total. The molecular weight excluding hydrogens is 252 g/mol. The van der Waals surface area contributed by atoms with E-state index in [1.54, 1.807) is 0 Å². The van der Waals surface area contributed by atoms with Crippen LogP contribution in [0.2, 0.25) is 0 Å². The zero-order chi connectivity index (χ0) is 14.0. The van der Waals surface area contributed by atoms with Crippen LogP contribution < -0.4 is 0 Å². The molecule has 0 aliphatic carbocycles. The number of rotatable bonds is 2. The van der Waals surface area contributed by atoms with E-state index in [2.05, 4.69) is 58.9 Å². The van der Waals surface area contributed by atoms with Gasteiger partial charge in [-0.2, -0.15) is 0 Å². The van der Waals surface area contributed by atoms with Gasteiger partial charge in [-0.15, -0.1) is 0 Å². The maximum Gasteiger partial charge on any atom is 1.02 e. The van der Waals surface area contributed by atoms with Crippen LogP contribution in [0.5, 0.6) is 0 Å².